The second-order valence-corrected chi connectivity index (χ2v) is 7.82. The lowest BCUT2D eigenvalue weighted by molar-refractivity contribution is -0.134. The average Bonchev–Trinajstić information content (AvgIpc) is 2.76. The molecule has 0 bridgehead atoms. The van der Waals surface area contributed by atoms with Gasteiger partial charge in [-0.2, -0.15) is 8.42 Å². The summed E-state index contributed by atoms with van der Waals surface area (Å²) in [5.74, 6) is -0.252. The highest BCUT2D eigenvalue weighted by Crippen LogP contribution is 2.28. The second-order valence-electron chi connectivity index (χ2n) is 6.28. The van der Waals surface area contributed by atoms with Crippen molar-refractivity contribution in [1.29, 1.82) is 0 Å². The molecule has 3 aromatic rings. The monoisotopic (exact) mass is 440 g/mol. The summed E-state index contributed by atoms with van der Waals surface area (Å²) in [5.41, 5.74) is 0.753. The van der Waals surface area contributed by atoms with Crippen molar-refractivity contribution in [3.8, 4) is 11.5 Å². The first kappa shape index (κ1) is 21.8. The molecule has 0 aliphatic heterocycles. The van der Waals surface area contributed by atoms with Crippen LogP contribution in [0.4, 0.5) is 16.2 Å². The van der Waals surface area contributed by atoms with E-state index in [9.17, 15) is 18.0 Å². The molecule has 160 valence electrons. The summed E-state index contributed by atoms with van der Waals surface area (Å²) in [6.07, 6.45) is 0.199. The summed E-state index contributed by atoms with van der Waals surface area (Å²) >= 11 is 0. The third kappa shape index (κ3) is 6.06. The Hall–Kier alpha value is -3.85. The molecule has 0 fully saturated rings. The summed E-state index contributed by atoms with van der Waals surface area (Å²) in [6.45, 7) is 1.65. The van der Waals surface area contributed by atoms with Gasteiger partial charge in [-0.15, -0.1) is 0 Å². The molecule has 0 spiro atoms. The van der Waals surface area contributed by atoms with Gasteiger partial charge in [0.05, 0.1) is 5.69 Å². The van der Waals surface area contributed by atoms with Gasteiger partial charge in [0.15, 0.2) is 5.75 Å². The Kier molecular flexibility index (Phi) is 6.88. The van der Waals surface area contributed by atoms with Crippen LogP contribution in [0.3, 0.4) is 0 Å². The molecule has 2 N–H and O–H groups in total. The zero-order chi connectivity index (χ0) is 22.3. The number of para-hydroxylation sites is 3. The standard InChI is InChI=1S/C22H20N2O6S/c1-2-21(25)29-17-12-14-18(15-13-17)31(27,28)30-20-11-7-6-10-19(20)24-22(26)23-16-8-4-3-5-9-16/h3-15H,2H2,1H3,(H2,23,24,26). The minimum atomic E-state index is -4.19. The number of esters is 1. The number of ether oxygens (including phenoxy) is 1. The number of benzene rings is 3. The predicted molar refractivity (Wildman–Crippen MR) is 116 cm³/mol. The summed E-state index contributed by atoms with van der Waals surface area (Å²) in [6, 6.07) is 19.7. The van der Waals surface area contributed by atoms with E-state index in [1.165, 1.54) is 36.4 Å². The SMILES string of the molecule is CCC(=O)Oc1ccc(S(=O)(=O)Oc2ccccc2NC(=O)Nc2ccccc2)cc1. The molecule has 0 heterocycles. The van der Waals surface area contributed by atoms with Crippen LogP contribution in [0.1, 0.15) is 13.3 Å². The maximum atomic E-state index is 12.7. The van der Waals surface area contributed by atoms with Crippen molar-refractivity contribution in [2.75, 3.05) is 10.6 Å². The van der Waals surface area contributed by atoms with Gasteiger partial charge in [-0.25, -0.2) is 4.79 Å². The zero-order valence-corrected chi connectivity index (χ0v) is 17.4. The molecule has 0 aliphatic rings. The lowest BCUT2D eigenvalue weighted by atomic mass is 10.3. The topological polar surface area (TPSA) is 111 Å². The van der Waals surface area contributed by atoms with Gasteiger partial charge in [-0.1, -0.05) is 37.3 Å². The molecule has 0 aliphatic carbocycles. The van der Waals surface area contributed by atoms with Gasteiger partial charge in [0.1, 0.15) is 10.6 Å². The number of carbonyl (C=O) groups is 2. The van der Waals surface area contributed by atoms with Crippen molar-refractivity contribution in [1.82, 2.24) is 0 Å². The van der Waals surface area contributed by atoms with E-state index < -0.39 is 22.1 Å². The molecule has 3 rings (SSSR count). The Balaban J connectivity index is 1.73. The third-order valence-electron chi connectivity index (χ3n) is 4.00. The van der Waals surface area contributed by atoms with E-state index in [1.807, 2.05) is 6.07 Å². The van der Waals surface area contributed by atoms with Crippen LogP contribution in [0.2, 0.25) is 0 Å². The minimum Gasteiger partial charge on any atom is -0.427 e. The Morgan fingerprint density at radius 1 is 0.839 bits per heavy atom. The highest BCUT2D eigenvalue weighted by Gasteiger charge is 2.19. The first-order valence-corrected chi connectivity index (χ1v) is 10.8. The lowest BCUT2D eigenvalue weighted by Gasteiger charge is -2.13. The number of urea groups is 1. The Morgan fingerprint density at radius 3 is 2.16 bits per heavy atom. The van der Waals surface area contributed by atoms with Gasteiger partial charge in [0, 0.05) is 12.1 Å². The van der Waals surface area contributed by atoms with E-state index in [4.69, 9.17) is 8.92 Å². The van der Waals surface area contributed by atoms with Gasteiger partial charge in [-0.3, -0.25) is 4.79 Å². The Bertz CT molecular complexity index is 1160. The number of anilines is 2. The van der Waals surface area contributed by atoms with Gasteiger partial charge in [-0.05, 0) is 48.5 Å². The smallest absolute Gasteiger partial charge is 0.339 e. The van der Waals surface area contributed by atoms with Gasteiger partial charge < -0.3 is 19.6 Å². The molecule has 31 heavy (non-hydrogen) atoms. The molecule has 0 unspecified atom stereocenters. The van der Waals surface area contributed by atoms with Crippen LogP contribution in [0.15, 0.2) is 83.8 Å². The van der Waals surface area contributed by atoms with Crippen molar-refractivity contribution in [2.45, 2.75) is 18.2 Å². The molecular formula is C22H20N2O6S. The van der Waals surface area contributed by atoms with Crippen molar-refractivity contribution < 1.29 is 26.9 Å². The van der Waals surface area contributed by atoms with E-state index in [1.54, 1.807) is 43.3 Å². The van der Waals surface area contributed by atoms with Crippen LogP contribution in [0.5, 0.6) is 11.5 Å². The van der Waals surface area contributed by atoms with Gasteiger partial charge in [0.25, 0.3) is 0 Å². The molecule has 0 radical (unpaired) electrons. The third-order valence-corrected chi connectivity index (χ3v) is 5.25. The van der Waals surface area contributed by atoms with E-state index in [0.717, 1.165) is 0 Å². The van der Waals surface area contributed by atoms with E-state index >= 15 is 0 Å². The normalized spacial score (nSPS) is 10.7. The molecule has 0 atom stereocenters. The number of carbonyl (C=O) groups excluding carboxylic acids is 2. The fraction of sp³-hybridized carbons (Fsp3) is 0.0909. The quantitative estimate of drug-likeness (QED) is 0.320. The van der Waals surface area contributed by atoms with Crippen LogP contribution in [-0.4, -0.2) is 20.4 Å². The van der Waals surface area contributed by atoms with E-state index in [0.29, 0.717) is 5.69 Å². The molecule has 0 aromatic heterocycles. The molecule has 9 heteroatoms. The molecule has 2 amide bonds. The van der Waals surface area contributed by atoms with Crippen molar-refractivity contribution in [3.05, 3.63) is 78.9 Å². The molecular weight excluding hydrogens is 420 g/mol. The van der Waals surface area contributed by atoms with Crippen LogP contribution >= 0.6 is 0 Å². The summed E-state index contributed by atoms with van der Waals surface area (Å²) in [7, 11) is -4.19. The van der Waals surface area contributed by atoms with Gasteiger partial charge in [0.2, 0.25) is 0 Å². The fourth-order valence-electron chi connectivity index (χ4n) is 2.49. The van der Waals surface area contributed by atoms with Crippen LogP contribution in [0, 0.1) is 0 Å². The highest BCUT2D eigenvalue weighted by molar-refractivity contribution is 7.87. The average molecular weight is 440 g/mol. The molecule has 0 saturated carbocycles. The number of nitrogens with one attached hydrogen (secondary N) is 2. The minimum absolute atomic E-state index is 0.0489. The van der Waals surface area contributed by atoms with Crippen LogP contribution in [0.25, 0.3) is 0 Å². The number of hydrogen-bond donors (Lipinski definition) is 2. The maximum absolute atomic E-state index is 12.7. The van der Waals surface area contributed by atoms with E-state index in [2.05, 4.69) is 10.6 Å². The van der Waals surface area contributed by atoms with Gasteiger partial charge >= 0.3 is 22.1 Å². The van der Waals surface area contributed by atoms with Crippen molar-refractivity contribution in [2.24, 2.45) is 0 Å². The predicted octanol–water partition coefficient (Wildman–Crippen LogP) is 4.41. The summed E-state index contributed by atoms with van der Waals surface area (Å²) in [5, 5.41) is 5.22. The number of rotatable bonds is 7. The first-order chi connectivity index (χ1) is 14.9. The van der Waals surface area contributed by atoms with Crippen LogP contribution < -0.4 is 19.6 Å². The van der Waals surface area contributed by atoms with Crippen LogP contribution in [-0.2, 0) is 14.9 Å². The fourth-order valence-corrected chi connectivity index (χ4v) is 3.44. The maximum Gasteiger partial charge on any atom is 0.339 e. The van der Waals surface area contributed by atoms with Crippen molar-refractivity contribution >= 4 is 33.5 Å². The van der Waals surface area contributed by atoms with Crippen molar-refractivity contribution in [3.63, 3.8) is 0 Å². The molecule has 8 nitrogen and oxygen atoms in total. The Morgan fingerprint density at radius 2 is 1.48 bits per heavy atom. The highest BCUT2D eigenvalue weighted by atomic mass is 32.2. The Labute approximate surface area is 179 Å². The first-order valence-electron chi connectivity index (χ1n) is 9.34. The lowest BCUT2D eigenvalue weighted by Crippen LogP contribution is -2.20. The molecule has 0 saturated heterocycles. The molecule has 3 aromatic carbocycles. The number of amides is 2. The van der Waals surface area contributed by atoms with E-state index in [-0.39, 0.29) is 28.5 Å². The zero-order valence-electron chi connectivity index (χ0n) is 16.6. The summed E-state index contributed by atoms with van der Waals surface area (Å²) in [4.78, 5) is 23.5. The largest absolute Gasteiger partial charge is 0.427 e. The number of hydrogen-bond acceptors (Lipinski definition) is 6. The summed E-state index contributed by atoms with van der Waals surface area (Å²) < 4.78 is 35.6. The second kappa shape index (κ2) is 9.77.